The van der Waals surface area contributed by atoms with Crippen LogP contribution in [0, 0.1) is 5.92 Å². The first kappa shape index (κ1) is 16.4. The fraction of sp³-hybridized carbons (Fsp3) is 0.786. The lowest BCUT2D eigenvalue weighted by molar-refractivity contribution is 0.516. The first-order valence-electron chi connectivity index (χ1n) is 6.95. The van der Waals surface area contributed by atoms with E-state index in [1.807, 2.05) is 11.8 Å². The van der Waals surface area contributed by atoms with Gasteiger partial charge in [-0.2, -0.15) is 16.7 Å². The molecule has 1 unspecified atom stereocenters. The summed E-state index contributed by atoms with van der Waals surface area (Å²) in [5.41, 5.74) is 0.974. The molecule has 0 saturated heterocycles. The van der Waals surface area contributed by atoms with Crippen molar-refractivity contribution in [2.24, 2.45) is 5.92 Å². The number of hydrogen-bond donors (Lipinski definition) is 1. The van der Waals surface area contributed by atoms with Gasteiger partial charge in [-0.1, -0.05) is 20.8 Å². The molecule has 0 saturated carbocycles. The van der Waals surface area contributed by atoms with Crippen LogP contribution in [0.1, 0.15) is 32.9 Å². The van der Waals surface area contributed by atoms with Crippen LogP contribution in [0.5, 0.6) is 0 Å². The molecule has 0 aliphatic heterocycles. The first-order chi connectivity index (χ1) is 9.08. The van der Waals surface area contributed by atoms with Crippen LogP contribution in [0.3, 0.4) is 0 Å². The molecule has 1 rings (SSSR count). The van der Waals surface area contributed by atoms with E-state index in [2.05, 4.69) is 49.3 Å². The molecule has 19 heavy (non-hydrogen) atoms. The Morgan fingerprint density at radius 2 is 2.21 bits per heavy atom. The highest BCUT2D eigenvalue weighted by Gasteiger charge is 2.17. The number of oxazole rings is 1. The van der Waals surface area contributed by atoms with E-state index in [1.54, 1.807) is 6.26 Å². The summed E-state index contributed by atoms with van der Waals surface area (Å²) < 4.78 is 5.58. The van der Waals surface area contributed by atoms with Crippen molar-refractivity contribution in [3.63, 3.8) is 0 Å². The molecular weight excluding hydrogens is 258 g/mol. The Morgan fingerprint density at radius 3 is 2.79 bits per heavy atom. The molecule has 1 aromatic heterocycles. The van der Waals surface area contributed by atoms with Crippen molar-refractivity contribution in [2.45, 2.75) is 39.8 Å². The smallest absolute Gasteiger partial charge is 0.297 e. The summed E-state index contributed by atoms with van der Waals surface area (Å²) >= 11 is 1.86. The minimum absolute atomic E-state index is 0.477. The van der Waals surface area contributed by atoms with Crippen molar-refractivity contribution in [3.8, 4) is 0 Å². The first-order valence-corrected chi connectivity index (χ1v) is 8.34. The summed E-state index contributed by atoms with van der Waals surface area (Å²) in [6, 6.07) is 1.20. The van der Waals surface area contributed by atoms with Gasteiger partial charge in [0.1, 0.15) is 6.26 Å². The minimum Gasteiger partial charge on any atom is -0.432 e. The van der Waals surface area contributed by atoms with Gasteiger partial charge in [0, 0.05) is 25.4 Å². The summed E-state index contributed by atoms with van der Waals surface area (Å²) in [6.45, 7) is 8.37. The van der Waals surface area contributed by atoms with Gasteiger partial charge >= 0.3 is 0 Å². The minimum atomic E-state index is 0.477. The second-order valence-corrected chi connectivity index (χ2v) is 6.19. The largest absolute Gasteiger partial charge is 0.432 e. The van der Waals surface area contributed by atoms with Crippen molar-refractivity contribution in [1.29, 1.82) is 0 Å². The molecule has 0 radical (unpaired) electrons. The van der Waals surface area contributed by atoms with Gasteiger partial charge < -0.3 is 14.6 Å². The van der Waals surface area contributed by atoms with Gasteiger partial charge in [-0.05, 0) is 25.1 Å². The van der Waals surface area contributed by atoms with Crippen LogP contribution in [-0.4, -0.2) is 36.6 Å². The molecule has 0 fully saturated rings. The normalized spacial score (nSPS) is 12.9. The van der Waals surface area contributed by atoms with Crippen molar-refractivity contribution in [2.75, 3.05) is 30.5 Å². The van der Waals surface area contributed by atoms with Crippen molar-refractivity contribution in [1.82, 2.24) is 10.3 Å². The van der Waals surface area contributed by atoms with Crippen LogP contribution in [0.2, 0.25) is 0 Å². The third kappa shape index (κ3) is 5.45. The lowest BCUT2D eigenvalue weighted by Crippen LogP contribution is -2.33. The van der Waals surface area contributed by atoms with Crippen LogP contribution >= 0.6 is 11.8 Å². The van der Waals surface area contributed by atoms with Crippen LogP contribution in [-0.2, 0) is 6.54 Å². The van der Waals surface area contributed by atoms with Gasteiger partial charge in [-0.3, -0.25) is 0 Å². The number of anilines is 1. The lowest BCUT2D eigenvalue weighted by Gasteiger charge is -2.24. The maximum Gasteiger partial charge on any atom is 0.297 e. The second kappa shape index (κ2) is 8.48. The van der Waals surface area contributed by atoms with E-state index in [0.29, 0.717) is 12.0 Å². The zero-order valence-electron chi connectivity index (χ0n) is 12.8. The number of nitrogens with zero attached hydrogens (tertiary/aromatic N) is 2. The summed E-state index contributed by atoms with van der Waals surface area (Å²) in [4.78, 5) is 6.69. The Kier molecular flexibility index (Phi) is 7.31. The van der Waals surface area contributed by atoms with Gasteiger partial charge in [-0.25, -0.2) is 0 Å². The summed E-state index contributed by atoms with van der Waals surface area (Å²) in [5.74, 6) is 1.75. The summed E-state index contributed by atoms with van der Waals surface area (Å²) in [6.07, 6.45) is 4.99. The van der Waals surface area contributed by atoms with Crippen LogP contribution < -0.4 is 10.2 Å². The van der Waals surface area contributed by atoms with E-state index in [4.69, 9.17) is 4.42 Å². The maximum absolute atomic E-state index is 5.58. The highest BCUT2D eigenvalue weighted by atomic mass is 32.2. The third-order valence-corrected chi connectivity index (χ3v) is 3.80. The molecule has 0 amide bonds. The average Bonchev–Trinajstić information content (AvgIpc) is 2.83. The van der Waals surface area contributed by atoms with Gasteiger partial charge in [0.15, 0.2) is 0 Å². The van der Waals surface area contributed by atoms with Gasteiger partial charge in [0.05, 0.1) is 5.69 Å². The molecule has 0 aliphatic carbocycles. The van der Waals surface area contributed by atoms with Gasteiger partial charge in [-0.15, -0.1) is 0 Å². The quantitative estimate of drug-likeness (QED) is 0.755. The topological polar surface area (TPSA) is 41.3 Å². The van der Waals surface area contributed by atoms with Gasteiger partial charge in [0.2, 0.25) is 0 Å². The molecule has 1 heterocycles. The maximum atomic E-state index is 5.58. The monoisotopic (exact) mass is 285 g/mol. The van der Waals surface area contributed by atoms with E-state index < -0.39 is 0 Å². The van der Waals surface area contributed by atoms with E-state index >= 15 is 0 Å². The standard InChI is InChI=1S/C14H27N3OS/c1-6-13(10-19-5)17(4)14-16-12(9-18-14)8-15-7-11(2)3/h9,11,13,15H,6-8,10H2,1-5H3. The van der Waals surface area contributed by atoms with E-state index in [0.717, 1.165) is 37.0 Å². The Balaban J connectivity index is 2.52. The Hall–Kier alpha value is -0.680. The van der Waals surface area contributed by atoms with E-state index in [-0.39, 0.29) is 0 Å². The zero-order valence-corrected chi connectivity index (χ0v) is 13.6. The number of aromatic nitrogens is 1. The molecule has 0 bridgehead atoms. The van der Waals surface area contributed by atoms with Crippen molar-refractivity contribution >= 4 is 17.8 Å². The van der Waals surface area contributed by atoms with Crippen LogP contribution in [0.25, 0.3) is 0 Å². The van der Waals surface area contributed by atoms with Crippen LogP contribution in [0.4, 0.5) is 6.01 Å². The lowest BCUT2D eigenvalue weighted by atomic mass is 10.2. The number of nitrogens with one attached hydrogen (secondary N) is 1. The highest BCUT2D eigenvalue weighted by Crippen LogP contribution is 2.18. The average molecular weight is 285 g/mol. The molecule has 0 aliphatic rings. The molecule has 1 N–H and O–H groups in total. The third-order valence-electron chi connectivity index (χ3n) is 3.08. The number of rotatable bonds is 9. The van der Waals surface area contributed by atoms with E-state index in [9.17, 15) is 0 Å². The molecule has 5 heteroatoms. The summed E-state index contributed by atoms with van der Waals surface area (Å²) in [7, 11) is 2.06. The Morgan fingerprint density at radius 1 is 1.47 bits per heavy atom. The second-order valence-electron chi connectivity index (χ2n) is 5.27. The fourth-order valence-electron chi connectivity index (χ4n) is 1.88. The number of thioether (sulfide) groups is 1. The Bertz CT molecular complexity index is 354. The highest BCUT2D eigenvalue weighted by molar-refractivity contribution is 7.98. The predicted octanol–water partition coefficient (Wildman–Crippen LogP) is 3.00. The predicted molar refractivity (Wildman–Crippen MR) is 83.9 cm³/mol. The molecule has 0 spiro atoms. The van der Waals surface area contributed by atoms with E-state index in [1.165, 1.54) is 0 Å². The van der Waals surface area contributed by atoms with Crippen molar-refractivity contribution in [3.05, 3.63) is 12.0 Å². The number of hydrogen-bond acceptors (Lipinski definition) is 5. The zero-order chi connectivity index (χ0) is 14.3. The molecule has 1 aromatic rings. The van der Waals surface area contributed by atoms with Crippen molar-refractivity contribution < 1.29 is 4.42 Å². The fourth-order valence-corrected chi connectivity index (χ4v) is 2.72. The Labute approximate surface area is 121 Å². The molecule has 4 nitrogen and oxygen atoms in total. The molecule has 0 aromatic carbocycles. The van der Waals surface area contributed by atoms with Crippen LogP contribution in [0.15, 0.2) is 10.7 Å². The molecular formula is C14H27N3OS. The SMILES string of the molecule is CCC(CSC)N(C)c1nc(CNCC(C)C)co1. The summed E-state index contributed by atoms with van der Waals surface area (Å²) in [5, 5.41) is 3.38. The van der Waals surface area contributed by atoms with Gasteiger partial charge in [0.25, 0.3) is 6.01 Å². The molecule has 110 valence electrons. The molecule has 1 atom stereocenters.